The third kappa shape index (κ3) is 5.01. The summed E-state index contributed by atoms with van der Waals surface area (Å²) in [4.78, 5) is 26.7. The second-order valence-corrected chi connectivity index (χ2v) is 5.41. The van der Waals surface area contributed by atoms with E-state index < -0.39 is 0 Å². The first-order chi connectivity index (χ1) is 12.0. The number of benzene rings is 2. The molecule has 4 nitrogen and oxygen atoms in total. The third-order valence-electron chi connectivity index (χ3n) is 3.75. The average molecular weight is 340 g/mol. The molecule has 0 aliphatic rings. The topological polar surface area (TPSA) is 49.4 Å². The molecule has 5 heteroatoms. The first-order valence-corrected chi connectivity index (χ1v) is 8.18. The predicted octanol–water partition coefficient (Wildman–Crippen LogP) is 3.47. The third-order valence-corrected chi connectivity index (χ3v) is 3.75. The van der Waals surface area contributed by atoms with E-state index in [4.69, 9.17) is 0 Å². The van der Waals surface area contributed by atoms with Crippen LogP contribution in [0, 0.1) is 5.82 Å². The van der Waals surface area contributed by atoms with Gasteiger partial charge in [0.2, 0.25) is 0 Å². The highest BCUT2D eigenvalue weighted by Crippen LogP contribution is 2.11. The van der Waals surface area contributed by atoms with Crippen LogP contribution in [0.15, 0.2) is 60.3 Å². The number of nitrogens with one attached hydrogen (secondary N) is 1. The van der Waals surface area contributed by atoms with E-state index >= 15 is 0 Å². The van der Waals surface area contributed by atoms with E-state index in [2.05, 4.69) is 5.32 Å². The Balaban J connectivity index is 2.33. The molecule has 2 rings (SSSR count). The van der Waals surface area contributed by atoms with Gasteiger partial charge in [-0.1, -0.05) is 30.3 Å². The van der Waals surface area contributed by atoms with Crippen LogP contribution in [-0.2, 0) is 4.79 Å². The maximum atomic E-state index is 13.1. The lowest BCUT2D eigenvalue weighted by atomic mass is 10.1. The summed E-state index contributed by atoms with van der Waals surface area (Å²) in [6.45, 7) is 4.79. The fourth-order valence-electron chi connectivity index (χ4n) is 2.34. The number of carbonyl (C=O) groups is 2. The lowest BCUT2D eigenvalue weighted by Crippen LogP contribution is -2.38. The smallest absolute Gasteiger partial charge is 0.270 e. The highest BCUT2D eigenvalue weighted by Gasteiger charge is 2.18. The lowest BCUT2D eigenvalue weighted by Gasteiger charge is -2.21. The zero-order chi connectivity index (χ0) is 18.2. The quantitative estimate of drug-likeness (QED) is 0.819. The molecule has 25 heavy (non-hydrogen) atoms. The number of hydrogen-bond acceptors (Lipinski definition) is 2. The van der Waals surface area contributed by atoms with Crippen LogP contribution in [0.1, 0.15) is 29.8 Å². The summed E-state index contributed by atoms with van der Waals surface area (Å²) in [5.74, 6) is -1.00. The Kier molecular flexibility index (Phi) is 6.46. The number of amides is 2. The Hall–Kier alpha value is -2.95. The van der Waals surface area contributed by atoms with Crippen molar-refractivity contribution in [2.24, 2.45) is 0 Å². The molecule has 2 amide bonds. The minimum Gasteiger partial charge on any atom is -0.338 e. The van der Waals surface area contributed by atoms with Crippen molar-refractivity contribution >= 4 is 17.9 Å². The molecule has 0 heterocycles. The first kappa shape index (κ1) is 18.4. The van der Waals surface area contributed by atoms with E-state index in [9.17, 15) is 14.0 Å². The number of likely N-dealkylation sites (N-methyl/N-ethyl adjacent to an activating group) is 1. The summed E-state index contributed by atoms with van der Waals surface area (Å²) in [7, 11) is 0. The van der Waals surface area contributed by atoms with Crippen molar-refractivity contribution in [3.8, 4) is 0 Å². The highest BCUT2D eigenvalue weighted by molar-refractivity contribution is 6.05. The normalized spacial score (nSPS) is 11.1. The summed E-state index contributed by atoms with van der Waals surface area (Å²) >= 11 is 0. The molecular formula is C20H21FN2O2. The summed E-state index contributed by atoms with van der Waals surface area (Å²) in [5.41, 5.74) is 1.24. The van der Waals surface area contributed by atoms with Crippen LogP contribution in [0.5, 0.6) is 0 Å². The van der Waals surface area contributed by atoms with Crippen LogP contribution < -0.4 is 5.32 Å². The number of rotatable bonds is 6. The van der Waals surface area contributed by atoms with E-state index in [0.29, 0.717) is 24.2 Å². The van der Waals surface area contributed by atoms with Gasteiger partial charge in [-0.05, 0) is 49.8 Å². The molecule has 0 aliphatic heterocycles. The van der Waals surface area contributed by atoms with Crippen molar-refractivity contribution in [1.82, 2.24) is 10.2 Å². The van der Waals surface area contributed by atoms with E-state index in [-0.39, 0.29) is 23.3 Å². The van der Waals surface area contributed by atoms with Gasteiger partial charge in [0, 0.05) is 18.7 Å². The van der Waals surface area contributed by atoms with Gasteiger partial charge in [0.1, 0.15) is 11.5 Å². The van der Waals surface area contributed by atoms with Crippen LogP contribution in [0.25, 0.3) is 6.08 Å². The van der Waals surface area contributed by atoms with Crippen molar-refractivity contribution in [2.75, 3.05) is 13.1 Å². The molecular weight excluding hydrogens is 319 g/mol. The van der Waals surface area contributed by atoms with Gasteiger partial charge in [-0.2, -0.15) is 0 Å². The number of halogens is 1. The molecule has 0 saturated carbocycles. The Morgan fingerprint density at radius 3 is 2.16 bits per heavy atom. The van der Waals surface area contributed by atoms with Gasteiger partial charge >= 0.3 is 0 Å². The maximum absolute atomic E-state index is 13.1. The average Bonchev–Trinajstić information content (AvgIpc) is 2.64. The lowest BCUT2D eigenvalue weighted by molar-refractivity contribution is -0.127. The largest absolute Gasteiger partial charge is 0.338 e. The molecule has 0 radical (unpaired) electrons. The Labute approximate surface area is 147 Å². The Bertz CT molecular complexity index is 751. The fraction of sp³-hybridized carbons (Fsp3) is 0.200. The molecule has 130 valence electrons. The highest BCUT2D eigenvalue weighted by atomic mass is 19.1. The fourth-order valence-corrected chi connectivity index (χ4v) is 2.34. The van der Waals surface area contributed by atoms with Crippen LogP contribution in [-0.4, -0.2) is 29.8 Å². The monoisotopic (exact) mass is 340 g/mol. The molecule has 0 bridgehead atoms. The van der Waals surface area contributed by atoms with Gasteiger partial charge in [-0.25, -0.2) is 4.39 Å². The number of nitrogens with zero attached hydrogens (tertiary/aromatic N) is 1. The summed E-state index contributed by atoms with van der Waals surface area (Å²) < 4.78 is 13.1. The predicted molar refractivity (Wildman–Crippen MR) is 96.2 cm³/mol. The number of hydrogen-bond donors (Lipinski definition) is 1. The van der Waals surface area contributed by atoms with Crippen molar-refractivity contribution in [3.63, 3.8) is 0 Å². The van der Waals surface area contributed by atoms with E-state index in [0.717, 1.165) is 0 Å². The van der Waals surface area contributed by atoms with Crippen LogP contribution in [0.3, 0.4) is 0 Å². The van der Waals surface area contributed by atoms with E-state index in [1.54, 1.807) is 47.4 Å². The van der Waals surface area contributed by atoms with E-state index in [1.165, 1.54) is 12.1 Å². The second kappa shape index (κ2) is 8.78. The SMILES string of the molecule is CCN(CC)C(=O)/C(=C\c1ccc(F)cc1)NC(=O)c1ccccc1. The molecule has 0 aliphatic carbocycles. The van der Waals surface area contributed by atoms with Gasteiger partial charge in [-0.3, -0.25) is 9.59 Å². The zero-order valence-corrected chi connectivity index (χ0v) is 14.3. The molecule has 0 aromatic heterocycles. The van der Waals surface area contributed by atoms with Crippen molar-refractivity contribution in [1.29, 1.82) is 0 Å². The Morgan fingerprint density at radius 1 is 1.00 bits per heavy atom. The van der Waals surface area contributed by atoms with Gasteiger partial charge in [0.25, 0.3) is 11.8 Å². The van der Waals surface area contributed by atoms with Crippen molar-refractivity contribution in [2.45, 2.75) is 13.8 Å². The minimum atomic E-state index is -0.366. The molecule has 0 fully saturated rings. The molecule has 0 unspecified atom stereocenters. The minimum absolute atomic E-state index is 0.157. The van der Waals surface area contributed by atoms with Gasteiger partial charge in [-0.15, -0.1) is 0 Å². The second-order valence-electron chi connectivity index (χ2n) is 5.41. The summed E-state index contributed by atoms with van der Waals surface area (Å²) in [6, 6.07) is 14.4. The zero-order valence-electron chi connectivity index (χ0n) is 14.3. The van der Waals surface area contributed by atoms with Gasteiger partial charge in [0.15, 0.2) is 0 Å². The molecule has 0 saturated heterocycles. The summed E-state index contributed by atoms with van der Waals surface area (Å²) in [6.07, 6.45) is 1.56. The van der Waals surface area contributed by atoms with Crippen LogP contribution in [0.2, 0.25) is 0 Å². The van der Waals surface area contributed by atoms with Crippen LogP contribution in [0.4, 0.5) is 4.39 Å². The van der Waals surface area contributed by atoms with Crippen molar-refractivity contribution in [3.05, 3.63) is 77.2 Å². The van der Waals surface area contributed by atoms with Crippen LogP contribution >= 0.6 is 0 Å². The van der Waals surface area contributed by atoms with Gasteiger partial charge < -0.3 is 10.2 Å². The molecule has 1 N–H and O–H groups in total. The Morgan fingerprint density at radius 2 is 1.60 bits per heavy atom. The maximum Gasteiger partial charge on any atom is 0.270 e. The van der Waals surface area contributed by atoms with E-state index in [1.807, 2.05) is 19.9 Å². The summed E-state index contributed by atoms with van der Waals surface area (Å²) in [5, 5.41) is 2.68. The van der Waals surface area contributed by atoms with Gasteiger partial charge in [0.05, 0.1) is 0 Å². The standard InChI is InChI=1S/C20H21FN2O2/c1-3-23(4-2)20(25)18(14-15-10-12-17(21)13-11-15)22-19(24)16-8-6-5-7-9-16/h5-14H,3-4H2,1-2H3,(H,22,24)/b18-14+. The molecule has 0 atom stereocenters. The van der Waals surface area contributed by atoms with Crippen molar-refractivity contribution < 1.29 is 14.0 Å². The molecule has 2 aromatic carbocycles. The number of carbonyl (C=O) groups excluding carboxylic acids is 2. The molecule has 2 aromatic rings. The first-order valence-electron chi connectivity index (χ1n) is 8.18. The molecule has 0 spiro atoms.